The first-order chi connectivity index (χ1) is 16.3. The Labute approximate surface area is 204 Å². The summed E-state index contributed by atoms with van der Waals surface area (Å²) >= 11 is 0. The van der Waals surface area contributed by atoms with E-state index in [4.69, 9.17) is 18.9 Å². The molecule has 0 bridgehead atoms. The number of ether oxygens (including phenoxy) is 4. The van der Waals surface area contributed by atoms with Gasteiger partial charge in [-0.3, -0.25) is 4.79 Å². The summed E-state index contributed by atoms with van der Waals surface area (Å²) < 4.78 is 22.0. The van der Waals surface area contributed by atoms with Gasteiger partial charge < -0.3 is 49.6 Å². The lowest BCUT2D eigenvalue weighted by Gasteiger charge is -2.42. The molecule has 2 aliphatic heterocycles. The lowest BCUT2D eigenvalue weighted by atomic mass is 9.72. The maximum absolute atomic E-state index is 12.1. The number of ketones is 1. The smallest absolute Gasteiger partial charge is 0.187 e. The van der Waals surface area contributed by atoms with Gasteiger partial charge in [-0.05, 0) is 36.8 Å². The Morgan fingerprint density at radius 3 is 2.37 bits per heavy atom. The summed E-state index contributed by atoms with van der Waals surface area (Å²) in [5.74, 6) is 0.109. The van der Waals surface area contributed by atoms with E-state index < -0.39 is 61.4 Å². The van der Waals surface area contributed by atoms with Crippen LogP contribution in [0.3, 0.4) is 0 Å². The minimum absolute atomic E-state index is 0.109. The molecular formula is C24H38O11. The third-order valence-corrected chi connectivity index (χ3v) is 6.96. The molecule has 0 amide bonds. The van der Waals surface area contributed by atoms with Gasteiger partial charge in [0.1, 0.15) is 42.7 Å². The van der Waals surface area contributed by atoms with E-state index >= 15 is 0 Å². The Morgan fingerprint density at radius 2 is 1.69 bits per heavy atom. The van der Waals surface area contributed by atoms with Gasteiger partial charge in [0, 0.05) is 6.42 Å². The molecule has 0 aromatic heterocycles. The van der Waals surface area contributed by atoms with Crippen LogP contribution in [0.25, 0.3) is 0 Å². The largest absolute Gasteiger partial charge is 0.388 e. The number of carbonyl (C=O) groups excluding carboxylic acids is 1. The molecule has 0 aromatic carbocycles. The summed E-state index contributed by atoms with van der Waals surface area (Å²) in [4.78, 5) is 12.1. The maximum atomic E-state index is 12.1. The van der Waals surface area contributed by atoms with Gasteiger partial charge in [0.05, 0.1) is 19.3 Å². The van der Waals surface area contributed by atoms with Gasteiger partial charge >= 0.3 is 0 Å². The molecule has 0 saturated carbocycles. The summed E-state index contributed by atoms with van der Waals surface area (Å²) in [7, 11) is 0. The highest BCUT2D eigenvalue weighted by atomic mass is 16.7. The summed E-state index contributed by atoms with van der Waals surface area (Å²) in [6.45, 7) is 7.03. The first-order valence-electron chi connectivity index (χ1n) is 11.9. The van der Waals surface area contributed by atoms with Crippen LogP contribution in [0, 0.1) is 5.41 Å². The molecule has 3 rings (SSSR count). The Morgan fingerprint density at radius 1 is 1.03 bits per heavy atom. The molecule has 35 heavy (non-hydrogen) atoms. The van der Waals surface area contributed by atoms with Gasteiger partial charge in [0.2, 0.25) is 0 Å². The predicted octanol–water partition coefficient (Wildman–Crippen LogP) is -1.08. The van der Waals surface area contributed by atoms with Crippen molar-refractivity contribution in [3.63, 3.8) is 0 Å². The maximum Gasteiger partial charge on any atom is 0.187 e. The number of aliphatic hydroxyl groups is 6. The van der Waals surface area contributed by atoms with Crippen LogP contribution in [-0.2, 0) is 23.7 Å². The fraction of sp³-hybridized carbons (Fsp3) is 0.792. The molecule has 3 aliphatic rings. The Balaban J connectivity index is 1.62. The van der Waals surface area contributed by atoms with Crippen LogP contribution >= 0.6 is 0 Å². The molecule has 11 heteroatoms. The van der Waals surface area contributed by atoms with Crippen molar-refractivity contribution >= 4 is 5.78 Å². The fourth-order valence-corrected chi connectivity index (χ4v) is 4.53. The van der Waals surface area contributed by atoms with Gasteiger partial charge in [-0.1, -0.05) is 26.0 Å². The van der Waals surface area contributed by atoms with Gasteiger partial charge in [0.25, 0.3) is 0 Å². The van der Waals surface area contributed by atoms with Crippen molar-refractivity contribution in [2.24, 2.45) is 5.41 Å². The minimum Gasteiger partial charge on any atom is -0.388 e. The first kappa shape index (κ1) is 28.3. The van der Waals surface area contributed by atoms with E-state index in [9.17, 15) is 35.4 Å². The number of Topliss-reactive ketones (excluding diaryl/α,β-unsaturated/α-hetero) is 1. The van der Waals surface area contributed by atoms with E-state index in [0.717, 1.165) is 12.0 Å². The third kappa shape index (κ3) is 6.37. The molecule has 0 aromatic rings. The summed E-state index contributed by atoms with van der Waals surface area (Å²) in [6, 6.07) is 0. The van der Waals surface area contributed by atoms with E-state index in [0.29, 0.717) is 12.0 Å². The third-order valence-electron chi connectivity index (χ3n) is 6.96. The molecule has 2 heterocycles. The molecular weight excluding hydrogens is 464 g/mol. The number of carbonyl (C=O) groups is 1. The second-order valence-electron chi connectivity index (χ2n) is 10.1. The van der Waals surface area contributed by atoms with Gasteiger partial charge in [-0.25, -0.2) is 0 Å². The molecule has 1 aliphatic carbocycles. The molecule has 10 atom stereocenters. The average molecular weight is 503 g/mol. The van der Waals surface area contributed by atoms with Crippen molar-refractivity contribution in [1.29, 1.82) is 0 Å². The lowest BCUT2D eigenvalue weighted by Crippen LogP contribution is -2.60. The van der Waals surface area contributed by atoms with Crippen LogP contribution in [0.15, 0.2) is 23.3 Å². The van der Waals surface area contributed by atoms with Crippen molar-refractivity contribution in [1.82, 2.24) is 0 Å². The molecule has 0 radical (unpaired) electrons. The van der Waals surface area contributed by atoms with Crippen LogP contribution < -0.4 is 0 Å². The highest BCUT2D eigenvalue weighted by molar-refractivity contribution is 5.97. The zero-order chi connectivity index (χ0) is 26.1. The second kappa shape index (κ2) is 11.4. The van der Waals surface area contributed by atoms with E-state index in [1.54, 1.807) is 19.9 Å². The van der Waals surface area contributed by atoms with Crippen LogP contribution in [-0.4, -0.2) is 111 Å². The normalized spacial score (nSPS) is 41.4. The second-order valence-corrected chi connectivity index (χ2v) is 10.1. The Hall–Kier alpha value is -1.25. The van der Waals surface area contributed by atoms with Crippen LogP contribution in [0.2, 0.25) is 0 Å². The highest BCUT2D eigenvalue weighted by Gasteiger charge is 2.46. The Kier molecular flexibility index (Phi) is 9.25. The van der Waals surface area contributed by atoms with E-state index in [1.807, 2.05) is 6.08 Å². The van der Waals surface area contributed by atoms with E-state index in [-0.39, 0.29) is 24.4 Å². The lowest BCUT2D eigenvalue weighted by molar-refractivity contribution is -0.324. The molecule has 11 nitrogen and oxygen atoms in total. The van der Waals surface area contributed by atoms with Crippen molar-refractivity contribution in [3.8, 4) is 0 Å². The van der Waals surface area contributed by atoms with E-state index in [2.05, 4.69) is 13.8 Å². The van der Waals surface area contributed by atoms with Crippen molar-refractivity contribution < 1.29 is 54.4 Å². The fourth-order valence-electron chi connectivity index (χ4n) is 4.53. The standard InChI is InChI=1S/C24H38O11/c1-11(5-6-13-12(2)14(25)7-8-24(13,3)4)34-23-21(31)19(29)18(28)16(35-23)10-33-22-20(30)17(27)15(26)9-32-22/h5-6,11,15-23,26-31H,7-10H2,1-4H3/b6-5+/t11-,15-,16-,17+,18+,19-,20+,21-,22+,23-/m1/s1. The minimum atomic E-state index is -1.59. The van der Waals surface area contributed by atoms with Crippen LogP contribution in [0.1, 0.15) is 40.5 Å². The number of hydrogen-bond donors (Lipinski definition) is 6. The number of allylic oxidation sites excluding steroid dienone is 3. The predicted molar refractivity (Wildman–Crippen MR) is 121 cm³/mol. The Bertz CT molecular complexity index is 809. The van der Waals surface area contributed by atoms with Crippen molar-refractivity contribution in [2.75, 3.05) is 13.2 Å². The topological polar surface area (TPSA) is 175 Å². The van der Waals surface area contributed by atoms with Crippen molar-refractivity contribution in [3.05, 3.63) is 23.3 Å². The number of aliphatic hydroxyl groups excluding tert-OH is 6. The molecule has 6 N–H and O–H groups in total. The summed E-state index contributed by atoms with van der Waals surface area (Å²) in [6.07, 6.45) is -8.41. The van der Waals surface area contributed by atoms with Crippen LogP contribution in [0.4, 0.5) is 0 Å². The van der Waals surface area contributed by atoms with Crippen molar-refractivity contribution in [2.45, 2.75) is 102 Å². The average Bonchev–Trinajstić information content (AvgIpc) is 2.80. The van der Waals surface area contributed by atoms with Gasteiger partial charge in [-0.2, -0.15) is 0 Å². The first-order valence-corrected chi connectivity index (χ1v) is 11.9. The highest BCUT2D eigenvalue weighted by Crippen LogP contribution is 2.39. The SMILES string of the molecule is CC1=C(/C=C/[C@@H](C)O[C@@H]2O[C@H](CO[C@@H]3OC[C@@H](O)[C@H](O)[C@@H]3O)[C@H](O)[C@@H](O)[C@H]2O)C(C)(C)CCC1=O. The van der Waals surface area contributed by atoms with Gasteiger partial charge in [-0.15, -0.1) is 0 Å². The molecule has 0 unspecified atom stereocenters. The molecule has 2 saturated heterocycles. The molecule has 2 fully saturated rings. The summed E-state index contributed by atoms with van der Waals surface area (Å²) in [5, 5.41) is 60.3. The monoisotopic (exact) mass is 502 g/mol. The van der Waals surface area contributed by atoms with Gasteiger partial charge in [0.15, 0.2) is 18.4 Å². The summed E-state index contributed by atoms with van der Waals surface area (Å²) in [5.41, 5.74) is 1.45. The zero-order valence-electron chi connectivity index (χ0n) is 20.5. The number of rotatable bonds is 7. The molecule has 200 valence electrons. The number of hydrogen-bond acceptors (Lipinski definition) is 11. The zero-order valence-corrected chi connectivity index (χ0v) is 20.5. The quantitative estimate of drug-likeness (QED) is 0.250. The van der Waals surface area contributed by atoms with E-state index in [1.165, 1.54) is 0 Å². The molecule has 0 spiro atoms. The van der Waals surface area contributed by atoms with Crippen LogP contribution in [0.5, 0.6) is 0 Å².